The summed E-state index contributed by atoms with van der Waals surface area (Å²) < 4.78 is 11.3. The van der Waals surface area contributed by atoms with Crippen molar-refractivity contribution in [2.75, 3.05) is 13.7 Å². The maximum atomic E-state index is 9.26. The first-order valence-electron chi connectivity index (χ1n) is 8.15. The van der Waals surface area contributed by atoms with E-state index in [4.69, 9.17) is 32.7 Å². The van der Waals surface area contributed by atoms with Crippen LogP contribution in [-0.4, -0.2) is 24.9 Å². The maximum Gasteiger partial charge on any atom is 0.180 e. The summed E-state index contributed by atoms with van der Waals surface area (Å²) in [6.07, 6.45) is 0.849. The summed E-state index contributed by atoms with van der Waals surface area (Å²) in [5, 5.41) is 13.7. The highest BCUT2D eigenvalue weighted by atomic mass is 35.5. The molecule has 0 bridgehead atoms. The Morgan fingerprint density at radius 1 is 1.16 bits per heavy atom. The van der Waals surface area contributed by atoms with E-state index in [1.165, 1.54) is 0 Å². The van der Waals surface area contributed by atoms with Crippen molar-refractivity contribution in [3.8, 4) is 11.5 Å². The van der Waals surface area contributed by atoms with E-state index in [9.17, 15) is 5.11 Å². The molecule has 1 unspecified atom stereocenters. The molecule has 136 valence electrons. The zero-order chi connectivity index (χ0) is 18.2. The number of halogens is 2. The molecule has 25 heavy (non-hydrogen) atoms. The second kappa shape index (κ2) is 9.88. The third-order valence-electron chi connectivity index (χ3n) is 3.87. The van der Waals surface area contributed by atoms with Crippen LogP contribution in [0.4, 0.5) is 0 Å². The van der Waals surface area contributed by atoms with Crippen LogP contribution in [0, 0.1) is 0 Å². The van der Waals surface area contributed by atoms with Crippen LogP contribution < -0.4 is 14.8 Å². The number of hydrogen-bond acceptors (Lipinski definition) is 4. The lowest BCUT2D eigenvalue weighted by Crippen LogP contribution is -2.31. The second-order valence-electron chi connectivity index (χ2n) is 5.70. The van der Waals surface area contributed by atoms with Gasteiger partial charge in [0.2, 0.25) is 0 Å². The molecule has 0 aliphatic heterocycles. The Balaban J connectivity index is 2.10. The summed E-state index contributed by atoms with van der Waals surface area (Å²) in [5.41, 5.74) is 1.91. The molecule has 0 aliphatic carbocycles. The molecule has 2 aromatic rings. The van der Waals surface area contributed by atoms with Crippen molar-refractivity contribution in [1.29, 1.82) is 0 Å². The number of hydrogen-bond donors (Lipinski definition) is 2. The Labute approximate surface area is 158 Å². The fourth-order valence-electron chi connectivity index (χ4n) is 2.40. The molecule has 0 fully saturated rings. The molecule has 4 nitrogen and oxygen atoms in total. The van der Waals surface area contributed by atoms with Gasteiger partial charge in [-0.25, -0.2) is 0 Å². The van der Waals surface area contributed by atoms with Crippen molar-refractivity contribution < 1.29 is 14.6 Å². The summed E-state index contributed by atoms with van der Waals surface area (Å²) in [6, 6.07) is 11.3. The number of benzene rings is 2. The summed E-state index contributed by atoms with van der Waals surface area (Å²) in [5.74, 6) is 1.07. The van der Waals surface area contributed by atoms with Crippen molar-refractivity contribution in [2.24, 2.45) is 0 Å². The zero-order valence-electron chi connectivity index (χ0n) is 14.4. The Hall–Kier alpha value is -1.46. The van der Waals surface area contributed by atoms with E-state index < -0.39 is 0 Å². The highest BCUT2D eigenvalue weighted by Gasteiger charge is 2.13. The summed E-state index contributed by atoms with van der Waals surface area (Å²) in [6.45, 7) is 3.05. The molecular formula is C19H23Cl2NO3. The van der Waals surface area contributed by atoms with Gasteiger partial charge in [0, 0.05) is 17.6 Å². The molecule has 2 aromatic carbocycles. The van der Waals surface area contributed by atoms with Gasteiger partial charge in [0.1, 0.15) is 6.61 Å². The molecule has 1 atom stereocenters. The van der Waals surface area contributed by atoms with Gasteiger partial charge in [0.15, 0.2) is 11.5 Å². The first-order chi connectivity index (χ1) is 12.1. The van der Waals surface area contributed by atoms with Crippen molar-refractivity contribution >= 4 is 23.2 Å². The predicted octanol–water partition coefficient (Wildman–Crippen LogP) is 4.44. The lowest BCUT2D eigenvalue weighted by molar-refractivity contribution is 0.238. The van der Waals surface area contributed by atoms with E-state index in [2.05, 4.69) is 5.32 Å². The van der Waals surface area contributed by atoms with E-state index in [0.29, 0.717) is 34.7 Å². The van der Waals surface area contributed by atoms with Crippen LogP contribution in [0.3, 0.4) is 0 Å². The number of aliphatic hydroxyl groups excluding tert-OH is 1. The molecule has 0 saturated heterocycles. The highest BCUT2D eigenvalue weighted by Crippen LogP contribution is 2.37. The van der Waals surface area contributed by atoms with E-state index in [1.807, 2.05) is 43.3 Å². The lowest BCUT2D eigenvalue weighted by atomic mass is 10.1. The molecule has 0 aromatic heterocycles. The number of nitrogens with one attached hydrogen (secondary N) is 1. The van der Waals surface area contributed by atoms with Gasteiger partial charge >= 0.3 is 0 Å². The van der Waals surface area contributed by atoms with E-state index in [0.717, 1.165) is 17.5 Å². The molecule has 0 saturated carbocycles. The number of methoxy groups -OCH3 is 1. The largest absolute Gasteiger partial charge is 0.493 e. The van der Waals surface area contributed by atoms with E-state index >= 15 is 0 Å². The van der Waals surface area contributed by atoms with Gasteiger partial charge in [-0.1, -0.05) is 42.3 Å². The van der Waals surface area contributed by atoms with Crippen LogP contribution in [0.1, 0.15) is 24.5 Å². The van der Waals surface area contributed by atoms with Gasteiger partial charge in [-0.15, -0.1) is 0 Å². The molecule has 2 N–H and O–H groups in total. The normalized spacial score (nSPS) is 12.0. The third-order valence-corrected chi connectivity index (χ3v) is 4.39. The smallest absolute Gasteiger partial charge is 0.180 e. The fraction of sp³-hybridized carbons (Fsp3) is 0.368. The Morgan fingerprint density at radius 2 is 1.96 bits per heavy atom. The predicted molar refractivity (Wildman–Crippen MR) is 102 cm³/mol. The molecule has 0 spiro atoms. The van der Waals surface area contributed by atoms with E-state index in [1.54, 1.807) is 7.11 Å². The van der Waals surface area contributed by atoms with Crippen molar-refractivity contribution in [2.45, 2.75) is 32.5 Å². The fourth-order valence-corrected chi connectivity index (χ4v) is 2.90. The van der Waals surface area contributed by atoms with Gasteiger partial charge < -0.3 is 19.9 Å². The topological polar surface area (TPSA) is 50.7 Å². The molecule has 0 heterocycles. The lowest BCUT2D eigenvalue weighted by Gasteiger charge is -2.17. The van der Waals surface area contributed by atoms with Crippen LogP contribution in [0.5, 0.6) is 11.5 Å². The third kappa shape index (κ3) is 5.79. The minimum absolute atomic E-state index is 0.0588. The second-order valence-corrected chi connectivity index (χ2v) is 6.54. The molecular weight excluding hydrogens is 361 g/mol. The SMILES string of the molecule is CCC(CO)NCc1cc(Cl)c(OCc2cccc(Cl)c2)c(OC)c1. The average molecular weight is 384 g/mol. The molecule has 0 amide bonds. The first kappa shape index (κ1) is 19.9. The van der Waals surface area contributed by atoms with Crippen LogP contribution in [0.2, 0.25) is 10.0 Å². The molecule has 0 aliphatic rings. The molecule has 6 heteroatoms. The van der Waals surface area contributed by atoms with Crippen molar-refractivity contribution in [3.05, 3.63) is 57.6 Å². The van der Waals surface area contributed by atoms with E-state index in [-0.39, 0.29) is 12.6 Å². The first-order valence-corrected chi connectivity index (χ1v) is 8.90. The van der Waals surface area contributed by atoms with Crippen LogP contribution in [0.15, 0.2) is 36.4 Å². The summed E-state index contributed by atoms with van der Waals surface area (Å²) in [7, 11) is 1.58. The van der Waals surface area contributed by atoms with Gasteiger partial charge in [0.05, 0.1) is 18.7 Å². The van der Waals surface area contributed by atoms with Gasteiger partial charge in [-0.2, -0.15) is 0 Å². The zero-order valence-corrected chi connectivity index (χ0v) is 15.9. The van der Waals surface area contributed by atoms with Crippen LogP contribution in [-0.2, 0) is 13.2 Å². The quantitative estimate of drug-likeness (QED) is 0.671. The summed E-state index contributed by atoms with van der Waals surface area (Å²) >= 11 is 12.4. The molecule has 2 rings (SSSR count). The van der Waals surface area contributed by atoms with Crippen LogP contribution in [0.25, 0.3) is 0 Å². The van der Waals surface area contributed by atoms with Crippen LogP contribution >= 0.6 is 23.2 Å². The maximum absolute atomic E-state index is 9.26. The van der Waals surface area contributed by atoms with Crippen molar-refractivity contribution in [3.63, 3.8) is 0 Å². The Kier molecular flexibility index (Phi) is 7.85. The van der Waals surface area contributed by atoms with Gasteiger partial charge in [-0.3, -0.25) is 0 Å². The minimum Gasteiger partial charge on any atom is -0.493 e. The highest BCUT2D eigenvalue weighted by molar-refractivity contribution is 6.32. The standard InChI is InChI=1S/C19H23Cl2NO3/c1-3-16(11-23)22-10-14-8-17(21)19(18(9-14)24-2)25-12-13-5-4-6-15(20)7-13/h4-9,16,22-23H,3,10-12H2,1-2H3. The summed E-state index contributed by atoms with van der Waals surface area (Å²) in [4.78, 5) is 0. The van der Waals surface area contributed by atoms with Gasteiger partial charge in [-0.05, 0) is 41.8 Å². The minimum atomic E-state index is 0.0588. The monoisotopic (exact) mass is 383 g/mol. The Morgan fingerprint density at radius 3 is 2.60 bits per heavy atom. The average Bonchev–Trinajstić information content (AvgIpc) is 2.61. The number of rotatable bonds is 9. The number of ether oxygens (including phenoxy) is 2. The van der Waals surface area contributed by atoms with Crippen molar-refractivity contribution in [1.82, 2.24) is 5.32 Å². The molecule has 0 radical (unpaired) electrons. The Bertz CT molecular complexity index is 690. The van der Waals surface area contributed by atoms with Gasteiger partial charge in [0.25, 0.3) is 0 Å². The number of aliphatic hydroxyl groups is 1.